The highest BCUT2D eigenvalue weighted by atomic mass is 32.2. The van der Waals surface area contributed by atoms with Gasteiger partial charge in [0.2, 0.25) is 0 Å². The first-order chi connectivity index (χ1) is 9.69. The van der Waals surface area contributed by atoms with Crippen LogP contribution in [0.15, 0.2) is 18.5 Å². The second kappa shape index (κ2) is 5.61. The van der Waals surface area contributed by atoms with Gasteiger partial charge in [-0.3, -0.25) is 9.78 Å². The number of hydrogen-bond acceptors (Lipinski definition) is 5. The van der Waals surface area contributed by atoms with Gasteiger partial charge in [-0.25, -0.2) is 0 Å². The molecule has 0 bridgehead atoms. The van der Waals surface area contributed by atoms with Crippen molar-refractivity contribution >= 4 is 44.8 Å². The van der Waals surface area contributed by atoms with Crippen LogP contribution in [0.4, 0.5) is 5.69 Å². The maximum atomic E-state index is 12.4. The number of aromatic nitrogens is 1. The Morgan fingerprint density at radius 1 is 1.55 bits per heavy atom. The van der Waals surface area contributed by atoms with Gasteiger partial charge in [0.25, 0.3) is 5.91 Å². The van der Waals surface area contributed by atoms with E-state index in [1.807, 2.05) is 17.8 Å². The van der Waals surface area contributed by atoms with Crippen LogP contribution in [0.5, 0.6) is 0 Å². The zero-order chi connectivity index (χ0) is 14.1. The summed E-state index contributed by atoms with van der Waals surface area (Å²) < 4.78 is 0.962. The first kappa shape index (κ1) is 13.7. The number of nitrogens with two attached hydrogens (primary N) is 1. The third-order valence-corrected chi connectivity index (χ3v) is 6.04. The second-order valence-electron chi connectivity index (χ2n) is 5.06. The van der Waals surface area contributed by atoms with E-state index in [-0.39, 0.29) is 11.9 Å². The van der Waals surface area contributed by atoms with Crippen molar-refractivity contribution in [3.63, 3.8) is 0 Å². The second-order valence-corrected chi connectivity index (χ2v) is 7.25. The summed E-state index contributed by atoms with van der Waals surface area (Å²) in [5.41, 5.74) is 6.66. The van der Waals surface area contributed by atoms with Gasteiger partial charge in [0.05, 0.1) is 10.4 Å². The van der Waals surface area contributed by atoms with Gasteiger partial charge in [0.1, 0.15) is 4.88 Å². The van der Waals surface area contributed by atoms with Gasteiger partial charge in [-0.15, -0.1) is 11.3 Å². The summed E-state index contributed by atoms with van der Waals surface area (Å²) in [6.45, 7) is 0. The molecule has 1 saturated carbocycles. The van der Waals surface area contributed by atoms with Crippen LogP contribution in [0.25, 0.3) is 10.1 Å². The van der Waals surface area contributed by atoms with Crippen LogP contribution in [-0.2, 0) is 0 Å². The van der Waals surface area contributed by atoms with E-state index < -0.39 is 0 Å². The fraction of sp³-hybridized carbons (Fsp3) is 0.429. The summed E-state index contributed by atoms with van der Waals surface area (Å²) in [6, 6.07) is 2.14. The lowest BCUT2D eigenvalue weighted by Crippen LogP contribution is -2.32. The highest BCUT2D eigenvalue weighted by Gasteiger charge is 2.26. The van der Waals surface area contributed by atoms with Gasteiger partial charge in [0, 0.05) is 29.1 Å². The molecule has 1 amide bonds. The van der Waals surface area contributed by atoms with Crippen LogP contribution < -0.4 is 11.1 Å². The van der Waals surface area contributed by atoms with Crippen molar-refractivity contribution in [3.05, 3.63) is 23.3 Å². The molecule has 0 aliphatic heterocycles. The topological polar surface area (TPSA) is 68.0 Å². The number of hydrogen-bond donors (Lipinski definition) is 2. The molecule has 2 aromatic heterocycles. The summed E-state index contributed by atoms with van der Waals surface area (Å²) in [4.78, 5) is 17.1. The molecule has 1 fully saturated rings. The number of rotatable bonds is 3. The fourth-order valence-corrected chi connectivity index (χ4v) is 4.47. The van der Waals surface area contributed by atoms with Crippen molar-refractivity contribution in [2.24, 2.45) is 0 Å². The monoisotopic (exact) mass is 307 g/mol. The lowest BCUT2D eigenvalue weighted by atomic mass is 10.2. The minimum absolute atomic E-state index is 0.0459. The maximum absolute atomic E-state index is 12.4. The first-order valence-corrected chi connectivity index (χ1v) is 8.75. The van der Waals surface area contributed by atoms with Gasteiger partial charge >= 0.3 is 0 Å². The molecule has 0 radical (unpaired) electrons. The van der Waals surface area contributed by atoms with Gasteiger partial charge < -0.3 is 11.1 Å². The smallest absolute Gasteiger partial charge is 0.263 e. The molecule has 106 valence electrons. The van der Waals surface area contributed by atoms with Gasteiger partial charge in [-0.05, 0) is 31.6 Å². The molecule has 0 saturated heterocycles. The van der Waals surface area contributed by atoms with Gasteiger partial charge in [-0.2, -0.15) is 11.8 Å². The van der Waals surface area contributed by atoms with E-state index in [0.717, 1.165) is 22.9 Å². The number of thiophene rings is 1. The highest BCUT2D eigenvalue weighted by Crippen LogP contribution is 2.33. The highest BCUT2D eigenvalue weighted by molar-refractivity contribution is 7.99. The van der Waals surface area contributed by atoms with Gasteiger partial charge in [0.15, 0.2) is 0 Å². The van der Waals surface area contributed by atoms with E-state index in [0.29, 0.717) is 15.8 Å². The van der Waals surface area contributed by atoms with E-state index in [2.05, 4.69) is 16.6 Å². The van der Waals surface area contributed by atoms with Crippen molar-refractivity contribution < 1.29 is 4.79 Å². The van der Waals surface area contributed by atoms with Crippen molar-refractivity contribution in [1.29, 1.82) is 0 Å². The molecule has 2 atom stereocenters. The predicted molar refractivity (Wildman–Crippen MR) is 86.4 cm³/mol. The lowest BCUT2D eigenvalue weighted by molar-refractivity contribution is 0.0943. The molecule has 0 spiro atoms. The Hall–Kier alpha value is -1.27. The lowest BCUT2D eigenvalue weighted by Gasteiger charge is -2.12. The number of carbonyl (C=O) groups is 1. The van der Waals surface area contributed by atoms with E-state index >= 15 is 0 Å². The molecule has 4 nitrogen and oxygen atoms in total. The molecule has 2 aromatic rings. The molecule has 3 rings (SSSR count). The van der Waals surface area contributed by atoms with E-state index in [4.69, 9.17) is 5.73 Å². The Balaban J connectivity index is 1.77. The Morgan fingerprint density at radius 2 is 2.40 bits per heavy atom. The number of nitrogen functional groups attached to an aromatic ring is 1. The zero-order valence-electron chi connectivity index (χ0n) is 11.3. The molecule has 2 heterocycles. The Bertz CT molecular complexity index is 640. The summed E-state index contributed by atoms with van der Waals surface area (Å²) in [6.07, 6.45) is 8.88. The number of nitrogens with zero attached hydrogens (tertiary/aromatic N) is 1. The minimum atomic E-state index is -0.0459. The van der Waals surface area contributed by atoms with Crippen LogP contribution in [0.1, 0.15) is 28.9 Å². The number of carbonyl (C=O) groups excluding carboxylic acids is 1. The number of amides is 1. The quantitative estimate of drug-likeness (QED) is 0.915. The summed E-state index contributed by atoms with van der Waals surface area (Å²) in [5.74, 6) is -0.0459. The molecular weight excluding hydrogens is 290 g/mol. The summed E-state index contributed by atoms with van der Waals surface area (Å²) in [7, 11) is 0. The number of anilines is 1. The maximum Gasteiger partial charge on any atom is 0.263 e. The van der Waals surface area contributed by atoms with Crippen LogP contribution >= 0.6 is 23.1 Å². The van der Waals surface area contributed by atoms with Crippen LogP contribution in [0.3, 0.4) is 0 Å². The molecular formula is C14H17N3OS2. The Labute approximate surface area is 126 Å². The summed E-state index contributed by atoms with van der Waals surface area (Å²) in [5, 5.41) is 4.71. The molecule has 0 aromatic carbocycles. The van der Waals surface area contributed by atoms with Crippen molar-refractivity contribution in [2.45, 2.75) is 30.6 Å². The van der Waals surface area contributed by atoms with Crippen LogP contribution in [0.2, 0.25) is 0 Å². The molecule has 3 N–H and O–H groups in total. The Kier molecular flexibility index (Phi) is 3.85. The zero-order valence-corrected chi connectivity index (χ0v) is 12.9. The average Bonchev–Trinajstić information content (AvgIpc) is 3.04. The summed E-state index contributed by atoms with van der Waals surface area (Å²) >= 11 is 3.30. The largest absolute Gasteiger partial charge is 0.397 e. The van der Waals surface area contributed by atoms with Gasteiger partial charge in [-0.1, -0.05) is 0 Å². The van der Waals surface area contributed by atoms with Crippen LogP contribution in [-0.4, -0.2) is 28.4 Å². The first-order valence-electron chi connectivity index (χ1n) is 6.64. The Morgan fingerprint density at radius 3 is 3.10 bits per heavy atom. The third kappa shape index (κ3) is 2.50. The van der Waals surface area contributed by atoms with E-state index in [1.54, 1.807) is 12.4 Å². The van der Waals surface area contributed by atoms with E-state index in [1.165, 1.54) is 17.8 Å². The standard InChI is InChI=1S/C14H17N3OS2/c1-19-9-3-2-8(6-9)17-14(18)13-12(15)10-4-5-16-7-11(10)20-13/h4-5,7-9H,2-3,6,15H2,1H3,(H,17,18). The number of pyridine rings is 1. The van der Waals surface area contributed by atoms with Crippen LogP contribution in [0, 0.1) is 0 Å². The number of nitrogens with one attached hydrogen (secondary N) is 1. The van der Waals surface area contributed by atoms with Crippen molar-refractivity contribution in [2.75, 3.05) is 12.0 Å². The average molecular weight is 307 g/mol. The molecule has 1 aliphatic rings. The number of fused-ring (bicyclic) bond motifs is 1. The van der Waals surface area contributed by atoms with E-state index in [9.17, 15) is 4.79 Å². The minimum Gasteiger partial charge on any atom is -0.397 e. The fourth-order valence-electron chi connectivity index (χ4n) is 2.68. The SMILES string of the molecule is CSC1CCC(NC(=O)c2sc3cnccc3c2N)C1. The third-order valence-electron chi connectivity index (χ3n) is 3.79. The molecule has 20 heavy (non-hydrogen) atoms. The van der Waals surface area contributed by atoms with Crippen molar-refractivity contribution in [3.8, 4) is 0 Å². The molecule has 1 aliphatic carbocycles. The predicted octanol–water partition coefficient (Wildman–Crippen LogP) is 2.89. The van der Waals surface area contributed by atoms with Crippen molar-refractivity contribution in [1.82, 2.24) is 10.3 Å². The molecule has 6 heteroatoms. The normalized spacial score (nSPS) is 22.2. The number of thioether (sulfide) groups is 1. The molecule has 2 unspecified atom stereocenters.